The van der Waals surface area contributed by atoms with Crippen molar-refractivity contribution in [2.45, 2.75) is 13.0 Å². The van der Waals surface area contributed by atoms with E-state index in [9.17, 15) is 5.11 Å². The van der Waals surface area contributed by atoms with Crippen LogP contribution in [0.25, 0.3) is 0 Å². The molecule has 68 valence electrons. The van der Waals surface area contributed by atoms with Gasteiger partial charge in [0.2, 0.25) is 0 Å². The second-order valence-electron chi connectivity index (χ2n) is 2.57. The largest absolute Gasteiger partial charge is 0.508 e. The van der Waals surface area contributed by atoms with Gasteiger partial charge >= 0.3 is 0 Å². The van der Waals surface area contributed by atoms with E-state index in [1.54, 1.807) is 6.07 Å². The summed E-state index contributed by atoms with van der Waals surface area (Å²) in [5, 5.41) is 12.4. The number of rotatable bonds is 2. The van der Waals surface area contributed by atoms with Crippen molar-refractivity contribution in [3.05, 3.63) is 29.8 Å². The van der Waals surface area contributed by atoms with Gasteiger partial charge in [0, 0.05) is 11.6 Å². The Morgan fingerprint density at radius 2 is 1.92 bits per heavy atom. The lowest BCUT2D eigenvalue weighted by Gasteiger charge is -2.11. The van der Waals surface area contributed by atoms with E-state index < -0.39 is 0 Å². The van der Waals surface area contributed by atoms with Crippen LogP contribution in [0.5, 0.6) is 5.75 Å². The van der Waals surface area contributed by atoms with Gasteiger partial charge in [0.25, 0.3) is 0 Å². The first kappa shape index (κ1) is 11.3. The van der Waals surface area contributed by atoms with Crippen LogP contribution in [0.15, 0.2) is 24.3 Å². The van der Waals surface area contributed by atoms with Gasteiger partial charge in [-0.05, 0) is 20.0 Å². The highest BCUT2D eigenvalue weighted by Gasteiger charge is 2.05. The van der Waals surface area contributed by atoms with Crippen molar-refractivity contribution in [1.82, 2.24) is 5.32 Å². The fourth-order valence-corrected chi connectivity index (χ4v) is 1.01. The zero-order valence-electron chi connectivity index (χ0n) is 7.24. The van der Waals surface area contributed by atoms with E-state index in [0.717, 1.165) is 5.56 Å². The molecule has 2 N–H and O–H groups in total. The van der Waals surface area contributed by atoms with Crippen LogP contribution in [-0.2, 0) is 0 Å². The molecular formula is C9H14ClNO. The molecule has 3 heteroatoms. The van der Waals surface area contributed by atoms with Crippen LogP contribution < -0.4 is 5.32 Å². The lowest BCUT2D eigenvalue weighted by molar-refractivity contribution is 0.458. The minimum absolute atomic E-state index is 0. The van der Waals surface area contributed by atoms with E-state index in [4.69, 9.17) is 0 Å². The fourth-order valence-electron chi connectivity index (χ4n) is 1.01. The molecule has 0 radical (unpaired) electrons. The molecule has 0 amide bonds. The van der Waals surface area contributed by atoms with Crippen LogP contribution in [0.2, 0.25) is 0 Å². The Hall–Kier alpha value is -0.730. The zero-order valence-corrected chi connectivity index (χ0v) is 8.06. The van der Waals surface area contributed by atoms with Gasteiger partial charge in [0.1, 0.15) is 5.75 Å². The average molecular weight is 188 g/mol. The molecule has 0 fully saturated rings. The quantitative estimate of drug-likeness (QED) is 0.743. The first-order valence-electron chi connectivity index (χ1n) is 3.71. The highest BCUT2D eigenvalue weighted by atomic mass is 35.5. The fraction of sp³-hybridized carbons (Fsp3) is 0.333. The molecule has 1 atom stereocenters. The smallest absolute Gasteiger partial charge is 0.120 e. The topological polar surface area (TPSA) is 32.3 Å². The number of phenolic OH excluding ortho intramolecular Hbond substituents is 1. The summed E-state index contributed by atoms with van der Waals surface area (Å²) in [7, 11) is 1.87. The van der Waals surface area contributed by atoms with Gasteiger partial charge < -0.3 is 10.4 Å². The van der Waals surface area contributed by atoms with Crippen molar-refractivity contribution in [2.75, 3.05) is 7.05 Å². The number of halogens is 1. The standard InChI is InChI=1S/C9H13NO.ClH/c1-7(10-2)8-5-3-4-6-9(8)11;/h3-7,10-11H,1-2H3;1H. The molecule has 0 spiro atoms. The van der Waals surface area contributed by atoms with E-state index >= 15 is 0 Å². The summed E-state index contributed by atoms with van der Waals surface area (Å²) >= 11 is 0. The second kappa shape index (κ2) is 5.01. The van der Waals surface area contributed by atoms with E-state index in [-0.39, 0.29) is 18.4 Å². The van der Waals surface area contributed by atoms with Crippen molar-refractivity contribution >= 4 is 12.4 Å². The van der Waals surface area contributed by atoms with Gasteiger partial charge in [-0.25, -0.2) is 0 Å². The summed E-state index contributed by atoms with van der Waals surface area (Å²) in [6, 6.07) is 7.56. The van der Waals surface area contributed by atoms with E-state index in [1.807, 2.05) is 32.2 Å². The molecule has 0 aliphatic heterocycles. The molecule has 1 rings (SSSR count). The van der Waals surface area contributed by atoms with Gasteiger partial charge in [0.05, 0.1) is 0 Å². The Morgan fingerprint density at radius 1 is 1.33 bits per heavy atom. The normalized spacial score (nSPS) is 11.8. The molecule has 0 saturated carbocycles. The molecule has 1 unspecified atom stereocenters. The maximum absolute atomic E-state index is 9.37. The lowest BCUT2D eigenvalue weighted by atomic mass is 10.1. The van der Waals surface area contributed by atoms with Crippen LogP contribution >= 0.6 is 12.4 Å². The summed E-state index contributed by atoms with van der Waals surface area (Å²) in [6.07, 6.45) is 0. The molecule has 1 aromatic carbocycles. The summed E-state index contributed by atoms with van der Waals surface area (Å²) in [5.74, 6) is 0.356. The number of hydrogen-bond acceptors (Lipinski definition) is 2. The number of para-hydroxylation sites is 1. The molecular weight excluding hydrogens is 174 g/mol. The Morgan fingerprint density at radius 3 is 2.42 bits per heavy atom. The van der Waals surface area contributed by atoms with Crippen molar-refractivity contribution < 1.29 is 5.11 Å². The van der Waals surface area contributed by atoms with E-state index in [1.165, 1.54) is 0 Å². The zero-order chi connectivity index (χ0) is 8.27. The van der Waals surface area contributed by atoms with Gasteiger partial charge in [-0.15, -0.1) is 12.4 Å². The number of benzene rings is 1. The Labute approximate surface area is 79.0 Å². The summed E-state index contributed by atoms with van der Waals surface area (Å²) in [4.78, 5) is 0. The molecule has 1 aromatic rings. The molecule has 0 heterocycles. The van der Waals surface area contributed by atoms with Crippen LogP contribution in [0.4, 0.5) is 0 Å². The van der Waals surface area contributed by atoms with Crippen LogP contribution in [0, 0.1) is 0 Å². The van der Waals surface area contributed by atoms with Crippen LogP contribution in [-0.4, -0.2) is 12.2 Å². The maximum Gasteiger partial charge on any atom is 0.120 e. The second-order valence-corrected chi connectivity index (χ2v) is 2.57. The predicted octanol–water partition coefficient (Wildman–Crippen LogP) is 2.09. The summed E-state index contributed by atoms with van der Waals surface area (Å²) in [6.45, 7) is 2.01. The van der Waals surface area contributed by atoms with E-state index in [2.05, 4.69) is 5.32 Å². The molecule has 0 aliphatic rings. The Balaban J connectivity index is 0.00000121. The SMILES string of the molecule is CNC(C)c1ccccc1O.Cl. The minimum Gasteiger partial charge on any atom is -0.508 e. The Kier molecular flexibility index (Phi) is 4.71. The van der Waals surface area contributed by atoms with Gasteiger partial charge in [-0.2, -0.15) is 0 Å². The van der Waals surface area contributed by atoms with Crippen molar-refractivity contribution in [3.63, 3.8) is 0 Å². The third-order valence-electron chi connectivity index (χ3n) is 1.84. The molecule has 0 aliphatic carbocycles. The molecule has 12 heavy (non-hydrogen) atoms. The third-order valence-corrected chi connectivity index (χ3v) is 1.84. The van der Waals surface area contributed by atoms with Gasteiger partial charge in [-0.3, -0.25) is 0 Å². The number of hydrogen-bond donors (Lipinski definition) is 2. The van der Waals surface area contributed by atoms with Crippen LogP contribution in [0.3, 0.4) is 0 Å². The highest BCUT2D eigenvalue weighted by molar-refractivity contribution is 5.85. The molecule has 0 saturated heterocycles. The Bertz CT molecular complexity index is 240. The predicted molar refractivity (Wildman–Crippen MR) is 52.8 cm³/mol. The van der Waals surface area contributed by atoms with Gasteiger partial charge in [0.15, 0.2) is 0 Å². The summed E-state index contributed by atoms with van der Waals surface area (Å²) in [5.41, 5.74) is 0.940. The van der Waals surface area contributed by atoms with Crippen molar-refractivity contribution in [1.29, 1.82) is 0 Å². The number of phenols is 1. The first-order chi connectivity index (χ1) is 5.25. The minimum atomic E-state index is 0. The summed E-state index contributed by atoms with van der Waals surface area (Å²) < 4.78 is 0. The third kappa shape index (κ3) is 2.40. The molecule has 2 nitrogen and oxygen atoms in total. The van der Waals surface area contributed by atoms with Crippen LogP contribution in [0.1, 0.15) is 18.5 Å². The monoisotopic (exact) mass is 187 g/mol. The average Bonchev–Trinajstić information content (AvgIpc) is 2.04. The highest BCUT2D eigenvalue weighted by Crippen LogP contribution is 2.22. The number of aromatic hydroxyl groups is 1. The van der Waals surface area contributed by atoms with Gasteiger partial charge in [-0.1, -0.05) is 18.2 Å². The number of nitrogens with one attached hydrogen (secondary N) is 1. The maximum atomic E-state index is 9.37. The molecule has 0 aromatic heterocycles. The van der Waals surface area contributed by atoms with Crippen molar-refractivity contribution in [3.8, 4) is 5.75 Å². The molecule has 0 bridgehead atoms. The van der Waals surface area contributed by atoms with Crippen molar-refractivity contribution in [2.24, 2.45) is 0 Å². The lowest BCUT2D eigenvalue weighted by Crippen LogP contribution is -2.12. The van der Waals surface area contributed by atoms with E-state index in [0.29, 0.717) is 5.75 Å². The first-order valence-corrected chi connectivity index (χ1v) is 3.71.